The second-order valence-corrected chi connectivity index (χ2v) is 4.27. The molecule has 2 nitrogen and oxygen atoms in total. The molecule has 2 heteroatoms. The van der Waals surface area contributed by atoms with E-state index in [-0.39, 0.29) is 5.75 Å². The van der Waals surface area contributed by atoms with Crippen LogP contribution in [0.3, 0.4) is 0 Å². The predicted molar refractivity (Wildman–Crippen MR) is 75.5 cm³/mol. The fraction of sp³-hybridized carbons (Fsp3) is 0. The van der Waals surface area contributed by atoms with Crippen molar-refractivity contribution in [1.29, 1.82) is 0 Å². The smallest absolute Gasteiger partial charge is 0.139 e. The van der Waals surface area contributed by atoms with E-state index in [4.69, 9.17) is 5.73 Å². The Hall–Kier alpha value is -2.48. The average Bonchev–Trinajstić information content (AvgIpc) is 2.41. The summed E-state index contributed by atoms with van der Waals surface area (Å²) in [6, 6.07) is 19.6. The van der Waals surface area contributed by atoms with Gasteiger partial charge in [-0.15, -0.1) is 0 Å². The van der Waals surface area contributed by atoms with Crippen molar-refractivity contribution in [1.82, 2.24) is 0 Å². The largest absolute Gasteiger partial charge is 0.506 e. The maximum atomic E-state index is 9.71. The number of phenolic OH excluding ortho intramolecular Hbond substituents is 1. The lowest BCUT2D eigenvalue weighted by molar-refractivity contribution is 0.478. The lowest BCUT2D eigenvalue weighted by atomic mass is 9.97. The van der Waals surface area contributed by atoms with Gasteiger partial charge in [0.1, 0.15) is 5.75 Å². The molecule has 88 valence electrons. The normalized spacial score (nSPS) is 10.7. The van der Waals surface area contributed by atoms with Crippen molar-refractivity contribution in [2.75, 3.05) is 5.73 Å². The lowest BCUT2D eigenvalue weighted by Crippen LogP contribution is -1.91. The fourth-order valence-corrected chi connectivity index (χ4v) is 2.25. The van der Waals surface area contributed by atoms with Gasteiger partial charge >= 0.3 is 0 Å². The van der Waals surface area contributed by atoms with Gasteiger partial charge < -0.3 is 10.8 Å². The molecule has 0 saturated carbocycles. The van der Waals surface area contributed by atoms with Crippen LogP contribution in [0.25, 0.3) is 21.9 Å². The lowest BCUT2D eigenvalue weighted by Gasteiger charge is -2.10. The first-order valence-corrected chi connectivity index (χ1v) is 5.83. The van der Waals surface area contributed by atoms with Crippen LogP contribution in [0, 0.1) is 0 Å². The number of benzene rings is 3. The molecule has 3 aromatic carbocycles. The van der Waals surface area contributed by atoms with Crippen molar-refractivity contribution < 1.29 is 5.11 Å². The number of aromatic hydroxyl groups is 1. The van der Waals surface area contributed by atoms with Crippen molar-refractivity contribution in [3.05, 3.63) is 60.7 Å². The van der Waals surface area contributed by atoms with Gasteiger partial charge in [0.15, 0.2) is 0 Å². The Morgan fingerprint density at radius 1 is 0.722 bits per heavy atom. The Bertz CT molecular complexity index is 714. The number of anilines is 1. The highest BCUT2D eigenvalue weighted by atomic mass is 16.3. The quantitative estimate of drug-likeness (QED) is 0.498. The first-order chi connectivity index (χ1) is 8.77. The van der Waals surface area contributed by atoms with E-state index in [0.717, 1.165) is 21.9 Å². The van der Waals surface area contributed by atoms with E-state index in [1.165, 1.54) is 0 Å². The van der Waals surface area contributed by atoms with E-state index >= 15 is 0 Å². The van der Waals surface area contributed by atoms with Gasteiger partial charge in [-0.3, -0.25) is 0 Å². The van der Waals surface area contributed by atoms with Gasteiger partial charge in [0.25, 0.3) is 0 Å². The molecule has 3 N–H and O–H groups in total. The zero-order valence-electron chi connectivity index (χ0n) is 9.80. The molecule has 0 bridgehead atoms. The number of hydrogen-bond acceptors (Lipinski definition) is 2. The molecular weight excluding hydrogens is 222 g/mol. The first-order valence-electron chi connectivity index (χ1n) is 5.83. The van der Waals surface area contributed by atoms with Crippen molar-refractivity contribution in [3.8, 4) is 16.9 Å². The van der Waals surface area contributed by atoms with E-state index < -0.39 is 0 Å². The average molecular weight is 235 g/mol. The standard InChI is InChI=1S/C16H13NO/c17-16-14(9-4-10-15(16)18)13-8-3-6-11-5-1-2-7-12(11)13/h1-10,18H,17H2. The van der Waals surface area contributed by atoms with Gasteiger partial charge in [0.2, 0.25) is 0 Å². The Morgan fingerprint density at radius 3 is 2.28 bits per heavy atom. The SMILES string of the molecule is Nc1c(O)cccc1-c1cccc2ccccc12. The minimum Gasteiger partial charge on any atom is -0.506 e. The van der Waals surface area contributed by atoms with Crippen LogP contribution in [-0.2, 0) is 0 Å². The Labute approximate surface area is 105 Å². The first kappa shape index (κ1) is 10.7. The maximum absolute atomic E-state index is 9.71. The van der Waals surface area contributed by atoms with Crippen LogP contribution in [0.2, 0.25) is 0 Å². The number of para-hydroxylation sites is 1. The number of nitrogen functional groups attached to an aromatic ring is 1. The van der Waals surface area contributed by atoms with Crippen molar-refractivity contribution in [3.63, 3.8) is 0 Å². The zero-order chi connectivity index (χ0) is 12.5. The summed E-state index contributed by atoms with van der Waals surface area (Å²) >= 11 is 0. The molecular formula is C16H13NO. The van der Waals surface area contributed by atoms with Gasteiger partial charge in [-0.1, -0.05) is 54.6 Å². The van der Waals surface area contributed by atoms with Crippen molar-refractivity contribution in [2.24, 2.45) is 0 Å². The molecule has 0 spiro atoms. The second kappa shape index (κ2) is 4.08. The number of nitrogens with two attached hydrogens (primary N) is 1. The summed E-state index contributed by atoms with van der Waals surface area (Å²) < 4.78 is 0. The van der Waals surface area contributed by atoms with Gasteiger partial charge in [0.05, 0.1) is 5.69 Å². The summed E-state index contributed by atoms with van der Waals surface area (Å²) in [5.74, 6) is 0.125. The van der Waals surface area contributed by atoms with Gasteiger partial charge in [-0.05, 0) is 22.4 Å². The van der Waals surface area contributed by atoms with Crippen molar-refractivity contribution in [2.45, 2.75) is 0 Å². The number of rotatable bonds is 1. The summed E-state index contributed by atoms with van der Waals surface area (Å²) in [5, 5.41) is 12.0. The summed E-state index contributed by atoms with van der Waals surface area (Å²) in [4.78, 5) is 0. The minimum absolute atomic E-state index is 0.125. The molecule has 18 heavy (non-hydrogen) atoms. The highest BCUT2D eigenvalue weighted by Crippen LogP contribution is 2.36. The van der Waals surface area contributed by atoms with E-state index in [0.29, 0.717) is 5.69 Å². The summed E-state index contributed by atoms with van der Waals surface area (Å²) in [6.07, 6.45) is 0. The van der Waals surface area contributed by atoms with E-state index in [1.54, 1.807) is 6.07 Å². The summed E-state index contributed by atoms with van der Waals surface area (Å²) in [6.45, 7) is 0. The minimum atomic E-state index is 0.125. The molecule has 3 rings (SSSR count). The molecule has 3 aromatic rings. The van der Waals surface area contributed by atoms with Crippen molar-refractivity contribution >= 4 is 16.5 Å². The second-order valence-electron chi connectivity index (χ2n) is 4.27. The fourth-order valence-electron chi connectivity index (χ4n) is 2.25. The molecule has 0 radical (unpaired) electrons. The topological polar surface area (TPSA) is 46.2 Å². The van der Waals surface area contributed by atoms with Crippen LogP contribution >= 0.6 is 0 Å². The predicted octanol–water partition coefficient (Wildman–Crippen LogP) is 3.79. The van der Waals surface area contributed by atoms with Gasteiger partial charge in [-0.2, -0.15) is 0 Å². The maximum Gasteiger partial charge on any atom is 0.139 e. The van der Waals surface area contributed by atoms with Crippen LogP contribution in [0.5, 0.6) is 5.75 Å². The van der Waals surface area contributed by atoms with E-state index in [2.05, 4.69) is 18.2 Å². The van der Waals surface area contributed by atoms with Crippen LogP contribution in [0.1, 0.15) is 0 Å². The van der Waals surface area contributed by atoms with Crippen LogP contribution in [0.4, 0.5) is 5.69 Å². The highest BCUT2D eigenvalue weighted by Gasteiger charge is 2.08. The zero-order valence-corrected chi connectivity index (χ0v) is 9.80. The van der Waals surface area contributed by atoms with E-state index in [9.17, 15) is 5.11 Å². The molecule has 0 aliphatic rings. The third kappa shape index (κ3) is 1.59. The molecule has 0 heterocycles. The molecule has 0 amide bonds. The number of phenols is 1. The molecule has 0 fully saturated rings. The molecule has 0 aromatic heterocycles. The molecule has 0 saturated heterocycles. The summed E-state index contributed by atoms with van der Waals surface area (Å²) in [7, 11) is 0. The number of fused-ring (bicyclic) bond motifs is 1. The van der Waals surface area contributed by atoms with Crippen LogP contribution in [-0.4, -0.2) is 5.11 Å². The molecule has 0 aliphatic heterocycles. The van der Waals surface area contributed by atoms with Crippen LogP contribution < -0.4 is 5.73 Å². The van der Waals surface area contributed by atoms with Crippen LogP contribution in [0.15, 0.2) is 60.7 Å². The number of hydrogen-bond donors (Lipinski definition) is 2. The third-order valence-corrected chi connectivity index (χ3v) is 3.16. The Balaban J connectivity index is 2.35. The molecule has 0 aliphatic carbocycles. The monoisotopic (exact) mass is 235 g/mol. The molecule has 0 atom stereocenters. The molecule has 0 unspecified atom stereocenters. The van der Waals surface area contributed by atoms with Gasteiger partial charge in [-0.25, -0.2) is 0 Å². The summed E-state index contributed by atoms with van der Waals surface area (Å²) in [5.41, 5.74) is 8.29. The Kier molecular flexibility index (Phi) is 2.41. The van der Waals surface area contributed by atoms with Gasteiger partial charge in [0, 0.05) is 5.56 Å². The highest BCUT2D eigenvalue weighted by molar-refractivity contribution is 5.99. The van der Waals surface area contributed by atoms with E-state index in [1.807, 2.05) is 36.4 Å². The Morgan fingerprint density at radius 2 is 1.39 bits per heavy atom. The third-order valence-electron chi connectivity index (χ3n) is 3.16.